The first kappa shape index (κ1) is 16.2. The second-order valence-electron chi connectivity index (χ2n) is 5.17. The van der Waals surface area contributed by atoms with Gasteiger partial charge in [0.05, 0.1) is 0 Å². The van der Waals surface area contributed by atoms with Gasteiger partial charge >= 0.3 is 0 Å². The van der Waals surface area contributed by atoms with E-state index in [1.807, 2.05) is 30.3 Å². The Labute approximate surface area is 138 Å². The van der Waals surface area contributed by atoms with Crippen molar-refractivity contribution in [1.29, 1.82) is 0 Å². The molecule has 2 heterocycles. The lowest BCUT2D eigenvalue weighted by molar-refractivity contribution is 0.412. The molecule has 0 amide bonds. The minimum Gasteiger partial charge on any atom is -0.442 e. The van der Waals surface area contributed by atoms with Gasteiger partial charge in [0.25, 0.3) is 15.6 Å². The van der Waals surface area contributed by atoms with Crippen LogP contribution in [0, 0.1) is 0 Å². The van der Waals surface area contributed by atoms with E-state index in [9.17, 15) is 13.2 Å². The van der Waals surface area contributed by atoms with E-state index in [0.717, 1.165) is 5.56 Å². The number of aromatic nitrogens is 2. The van der Waals surface area contributed by atoms with Gasteiger partial charge in [-0.15, -0.1) is 0 Å². The van der Waals surface area contributed by atoms with Crippen molar-refractivity contribution in [2.75, 3.05) is 7.05 Å². The van der Waals surface area contributed by atoms with Crippen LogP contribution >= 0.6 is 0 Å². The van der Waals surface area contributed by atoms with E-state index in [4.69, 9.17) is 4.42 Å². The molecule has 0 radical (unpaired) electrons. The van der Waals surface area contributed by atoms with Crippen molar-refractivity contribution >= 4 is 10.0 Å². The first-order valence-electron chi connectivity index (χ1n) is 7.13. The Hall–Kier alpha value is -2.71. The standard InChI is InChI=1S/C16H15N3O4S/c1-19(11-12-5-3-2-4-6-12)24(21,22)16-10-8-14(23-16)13-7-9-15(20)18-17-13/h2-10H,11H2,1H3,(H,18,20). The topological polar surface area (TPSA) is 96.3 Å². The highest BCUT2D eigenvalue weighted by Crippen LogP contribution is 2.24. The highest BCUT2D eigenvalue weighted by Gasteiger charge is 2.25. The van der Waals surface area contributed by atoms with E-state index in [0.29, 0.717) is 5.69 Å². The Balaban J connectivity index is 1.85. The van der Waals surface area contributed by atoms with Gasteiger partial charge < -0.3 is 4.42 Å². The van der Waals surface area contributed by atoms with E-state index in [2.05, 4.69) is 10.2 Å². The Morgan fingerprint density at radius 3 is 2.50 bits per heavy atom. The minimum atomic E-state index is -3.77. The predicted molar refractivity (Wildman–Crippen MR) is 87.7 cm³/mol. The first-order valence-corrected chi connectivity index (χ1v) is 8.57. The second kappa shape index (κ2) is 6.42. The van der Waals surface area contributed by atoms with Crippen LogP contribution in [0.2, 0.25) is 0 Å². The van der Waals surface area contributed by atoms with Crippen molar-refractivity contribution in [2.45, 2.75) is 11.6 Å². The molecule has 124 valence electrons. The largest absolute Gasteiger partial charge is 0.442 e. The fourth-order valence-electron chi connectivity index (χ4n) is 2.16. The number of nitrogens with zero attached hydrogens (tertiary/aromatic N) is 2. The summed E-state index contributed by atoms with van der Waals surface area (Å²) in [5.41, 5.74) is 0.875. The van der Waals surface area contributed by atoms with Crippen molar-refractivity contribution in [3.63, 3.8) is 0 Å². The lowest BCUT2D eigenvalue weighted by Crippen LogP contribution is -2.26. The molecule has 1 N–H and O–H groups in total. The summed E-state index contributed by atoms with van der Waals surface area (Å²) in [5, 5.41) is 5.92. The summed E-state index contributed by atoms with van der Waals surface area (Å²) in [6, 6.07) is 14.9. The van der Waals surface area contributed by atoms with Gasteiger partial charge in [-0.1, -0.05) is 30.3 Å². The molecule has 8 heteroatoms. The Bertz CT molecular complexity index is 973. The molecular formula is C16H15N3O4S. The molecule has 0 aliphatic carbocycles. The summed E-state index contributed by atoms with van der Waals surface area (Å²) in [4.78, 5) is 11.0. The van der Waals surface area contributed by atoms with Crippen molar-refractivity contribution < 1.29 is 12.8 Å². The number of rotatable bonds is 5. The third-order valence-electron chi connectivity index (χ3n) is 3.43. The third-order valence-corrected chi connectivity index (χ3v) is 5.10. The Morgan fingerprint density at radius 2 is 1.83 bits per heavy atom. The van der Waals surface area contributed by atoms with E-state index >= 15 is 0 Å². The number of hydrogen-bond donors (Lipinski definition) is 1. The number of nitrogens with one attached hydrogen (secondary N) is 1. The number of hydrogen-bond acceptors (Lipinski definition) is 5. The minimum absolute atomic E-state index is 0.177. The lowest BCUT2D eigenvalue weighted by atomic mass is 10.2. The lowest BCUT2D eigenvalue weighted by Gasteiger charge is -2.15. The van der Waals surface area contributed by atoms with Crippen LogP contribution in [0.15, 0.2) is 68.9 Å². The molecule has 1 aromatic carbocycles. The molecular weight excluding hydrogens is 330 g/mol. The van der Waals surface area contributed by atoms with Gasteiger partial charge in [0, 0.05) is 19.7 Å². The van der Waals surface area contributed by atoms with Gasteiger partial charge in [0.1, 0.15) is 5.69 Å². The molecule has 0 unspecified atom stereocenters. The zero-order valence-corrected chi connectivity index (χ0v) is 13.7. The molecule has 0 aliphatic heterocycles. The summed E-state index contributed by atoms with van der Waals surface area (Å²) < 4.78 is 31.8. The molecule has 0 fully saturated rings. The summed E-state index contributed by atoms with van der Waals surface area (Å²) in [6.07, 6.45) is 0. The third kappa shape index (κ3) is 3.29. The number of furan rings is 1. The second-order valence-corrected chi connectivity index (χ2v) is 7.15. The van der Waals surface area contributed by atoms with Crippen molar-refractivity contribution in [2.24, 2.45) is 0 Å². The van der Waals surface area contributed by atoms with Gasteiger partial charge in [-0.3, -0.25) is 4.79 Å². The Kier molecular flexibility index (Phi) is 4.32. The molecule has 0 bridgehead atoms. The van der Waals surface area contributed by atoms with E-state index in [1.54, 1.807) is 0 Å². The summed E-state index contributed by atoms with van der Waals surface area (Å²) in [5.74, 6) is 0.262. The van der Waals surface area contributed by atoms with Crippen LogP contribution < -0.4 is 5.56 Å². The maximum absolute atomic E-state index is 12.6. The molecule has 0 aliphatic rings. The van der Waals surface area contributed by atoms with Crippen molar-refractivity contribution in [3.05, 3.63) is 70.5 Å². The normalized spacial score (nSPS) is 11.8. The maximum atomic E-state index is 12.6. The smallest absolute Gasteiger partial charge is 0.276 e. The van der Waals surface area contributed by atoms with E-state index in [-0.39, 0.29) is 23.0 Å². The molecule has 0 saturated heterocycles. The van der Waals surface area contributed by atoms with Crippen LogP contribution in [0.25, 0.3) is 11.5 Å². The fourth-order valence-corrected chi connectivity index (χ4v) is 3.22. The molecule has 0 spiro atoms. The van der Waals surface area contributed by atoms with E-state index < -0.39 is 10.0 Å². The summed E-state index contributed by atoms with van der Waals surface area (Å²) >= 11 is 0. The van der Waals surface area contributed by atoms with Crippen LogP contribution in [0.1, 0.15) is 5.56 Å². The van der Waals surface area contributed by atoms with Crippen molar-refractivity contribution in [3.8, 4) is 11.5 Å². The van der Waals surface area contributed by atoms with Crippen LogP contribution in [-0.4, -0.2) is 30.0 Å². The van der Waals surface area contributed by atoms with Crippen LogP contribution in [0.3, 0.4) is 0 Å². The zero-order valence-electron chi connectivity index (χ0n) is 12.8. The molecule has 3 rings (SSSR count). The fraction of sp³-hybridized carbons (Fsp3) is 0.125. The molecule has 3 aromatic rings. The molecule has 0 atom stereocenters. The number of H-pyrrole nitrogens is 1. The SMILES string of the molecule is CN(Cc1ccccc1)S(=O)(=O)c1ccc(-c2ccc(=O)[nH]n2)o1. The van der Waals surface area contributed by atoms with Gasteiger partial charge in [-0.2, -0.15) is 9.40 Å². The molecule has 7 nitrogen and oxygen atoms in total. The van der Waals surface area contributed by atoms with Crippen LogP contribution in [0.5, 0.6) is 0 Å². The number of sulfonamides is 1. The molecule has 2 aromatic heterocycles. The molecule has 0 saturated carbocycles. The highest BCUT2D eigenvalue weighted by molar-refractivity contribution is 7.88. The monoisotopic (exact) mass is 345 g/mol. The van der Waals surface area contributed by atoms with Gasteiger partial charge in [0.15, 0.2) is 5.76 Å². The first-order chi connectivity index (χ1) is 11.5. The number of aromatic amines is 1. The number of benzene rings is 1. The van der Waals surface area contributed by atoms with E-state index in [1.165, 1.54) is 35.6 Å². The van der Waals surface area contributed by atoms with Crippen LogP contribution in [-0.2, 0) is 16.6 Å². The summed E-state index contributed by atoms with van der Waals surface area (Å²) in [6.45, 7) is 0.232. The predicted octanol–water partition coefficient (Wildman–Crippen LogP) is 1.85. The zero-order chi connectivity index (χ0) is 17.2. The maximum Gasteiger partial charge on any atom is 0.276 e. The van der Waals surface area contributed by atoms with Crippen molar-refractivity contribution in [1.82, 2.24) is 14.5 Å². The highest BCUT2D eigenvalue weighted by atomic mass is 32.2. The Morgan fingerprint density at radius 1 is 1.08 bits per heavy atom. The summed E-state index contributed by atoms with van der Waals surface area (Å²) in [7, 11) is -2.28. The molecule has 24 heavy (non-hydrogen) atoms. The average Bonchev–Trinajstić information content (AvgIpc) is 3.07. The van der Waals surface area contributed by atoms with Gasteiger partial charge in [-0.25, -0.2) is 13.5 Å². The quantitative estimate of drug-likeness (QED) is 0.761. The van der Waals surface area contributed by atoms with Crippen LogP contribution in [0.4, 0.5) is 0 Å². The van der Waals surface area contributed by atoms with Gasteiger partial charge in [0.2, 0.25) is 5.09 Å². The average molecular weight is 345 g/mol. The van der Waals surface area contributed by atoms with Gasteiger partial charge in [-0.05, 0) is 23.8 Å².